The van der Waals surface area contributed by atoms with E-state index in [9.17, 15) is 5.11 Å². The molecule has 0 aliphatic carbocycles. The number of nitrogens with zero attached hydrogens (tertiary/aromatic N) is 3. The Labute approximate surface area is 107 Å². The number of hydrogen-bond donors (Lipinski definition) is 1. The van der Waals surface area contributed by atoms with Crippen LogP contribution in [0.2, 0.25) is 0 Å². The van der Waals surface area contributed by atoms with Crippen LogP contribution in [-0.4, -0.2) is 38.5 Å². The average molecular weight is 245 g/mol. The van der Waals surface area contributed by atoms with Crippen LogP contribution in [0.15, 0.2) is 24.5 Å². The first-order chi connectivity index (χ1) is 8.63. The summed E-state index contributed by atoms with van der Waals surface area (Å²) in [4.78, 5) is 7.15. The van der Waals surface area contributed by atoms with E-state index in [0.29, 0.717) is 12.0 Å². The molecule has 1 aliphatic heterocycles. The van der Waals surface area contributed by atoms with Gasteiger partial charge in [-0.3, -0.25) is 0 Å². The first-order valence-corrected chi connectivity index (χ1v) is 6.55. The van der Waals surface area contributed by atoms with Gasteiger partial charge in [-0.1, -0.05) is 0 Å². The van der Waals surface area contributed by atoms with Gasteiger partial charge in [0.05, 0.1) is 11.9 Å². The summed E-state index contributed by atoms with van der Waals surface area (Å²) in [6.07, 6.45) is 4.93. The lowest BCUT2D eigenvalue weighted by Gasteiger charge is -2.19. The number of likely N-dealkylation sites (tertiary alicyclic amines) is 1. The molecular formula is C14H19N3O. The summed E-state index contributed by atoms with van der Waals surface area (Å²) in [6, 6.07) is 4.14. The largest absolute Gasteiger partial charge is 0.506 e. The molecule has 1 aliphatic rings. The van der Waals surface area contributed by atoms with Crippen molar-refractivity contribution in [2.24, 2.45) is 0 Å². The molecule has 3 heterocycles. The maximum atomic E-state index is 9.46. The monoisotopic (exact) mass is 245 g/mol. The number of aromatic nitrogens is 2. The van der Waals surface area contributed by atoms with Gasteiger partial charge in [-0.15, -0.1) is 0 Å². The molecule has 18 heavy (non-hydrogen) atoms. The van der Waals surface area contributed by atoms with Gasteiger partial charge < -0.3 is 14.4 Å². The van der Waals surface area contributed by atoms with Crippen LogP contribution in [0.5, 0.6) is 5.75 Å². The number of hydrogen-bond acceptors (Lipinski definition) is 3. The van der Waals surface area contributed by atoms with Crippen LogP contribution in [0.4, 0.5) is 0 Å². The molecule has 3 rings (SSSR count). The van der Waals surface area contributed by atoms with Crippen LogP contribution in [0.25, 0.3) is 5.65 Å². The van der Waals surface area contributed by atoms with Gasteiger partial charge in [-0.05, 0) is 38.9 Å². The zero-order valence-corrected chi connectivity index (χ0v) is 10.9. The van der Waals surface area contributed by atoms with Crippen molar-refractivity contribution in [3.05, 3.63) is 30.2 Å². The highest BCUT2D eigenvalue weighted by Crippen LogP contribution is 2.28. The van der Waals surface area contributed by atoms with Crippen LogP contribution in [-0.2, 0) is 0 Å². The van der Waals surface area contributed by atoms with E-state index >= 15 is 0 Å². The molecule has 1 unspecified atom stereocenters. The third-order valence-electron chi connectivity index (χ3n) is 3.82. The highest BCUT2D eigenvalue weighted by Gasteiger charge is 2.27. The SMILES string of the molecule is CC(C)N1CCC(c2cn3cc(O)ccc3n2)C1. The summed E-state index contributed by atoms with van der Waals surface area (Å²) in [5, 5.41) is 9.46. The van der Waals surface area contributed by atoms with E-state index in [1.54, 1.807) is 12.3 Å². The Morgan fingerprint density at radius 3 is 2.89 bits per heavy atom. The number of aromatic hydroxyl groups is 1. The molecule has 1 fully saturated rings. The molecular weight excluding hydrogens is 226 g/mol. The van der Waals surface area contributed by atoms with Crippen LogP contribution >= 0.6 is 0 Å². The molecule has 4 heteroatoms. The first-order valence-electron chi connectivity index (χ1n) is 6.55. The standard InChI is InChI=1S/C14H19N3O/c1-10(2)16-6-5-11(7-16)13-9-17-8-12(18)3-4-14(17)15-13/h3-4,8-11,18H,5-7H2,1-2H3. The van der Waals surface area contributed by atoms with Gasteiger partial charge in [0.1, 0.15) is 11.4 Å². The fraction of sp³-hybridized carbons (Fsp3) is 0.500. The molecule has 0 saturated carbocycles. The normalized spacial score (nSPS) is 21.2. The molecule has 1 saturated heterocycles. The van der Waals surface area contributed by atoms with Gasteiger partial charge in [-0.25, -0.2) is 4.98 Å². The topological polar surface area (TPSA) is 40.8 Å². The van der Waals surface area contributed by atoms with E-state index in [1.165, 1.54) is 6.42 Å². The van der Waals surface area contributed by atoms with Crippen molar-refractivity contribution in [3.63, 3.8) is 0 Å². The number of pyridine rings is 1. The zero-order chi connectivity index (χ0) is 12.7. The summed E-state index contributed by atoms with van der Waals surface area (Å²) < 4.78 is 1.91. The van der Waals surface area contributed by atoms with Gasteiger partial charge in [0.15, 0.2) is 0 Å². The molecule has 2 aromatic heterocycles. The predicted octanol–water partition coefficient (Wildman–Crippen LogP) is 2.24. The Morgan fingerprint density at radius 2 is 2.17 bits per heavy atom. The third kappa shape index (κ3) is 1.97. The van der Waals surface area contributed by atoms with E-state index in [2.05, 4.69) is 23.7 Å². The summed E-state index contributed by atoms with van der Waals surface area (Å²) in [5.41, 5.74) is 2.05. The Morgan fingerprint density at radius 1 is 1.33 bits per heavy atom. The number of imidazole rings is 1. The quantitative estimate of drug-likeness (QED) is 0.882. The summed E-state index contributed by atoms with van der Waals surface area (Å²) in [5.74, 6) is 0.802. The van der Waals surface area contributed by atoms with Crippen LogP contribution in [0.1, 0.15) is 31.9 Å². The van der Waals surface area contributed by atoms with Crippen molar-refractivity contribution in [1.82, 2.24) is 14.3 Å². The molecule has 0 aromatic carbocycles. The number of rotatable bonds is 2. The summed E-state index contributed by atoms with van der Waals surface area (Å²) >= 11 is 0. The minimum absolute atomic E-state index is 0.279. The maximum absolute atomic E-state index is 9.46. The Kier molecular flexibility index (Phi) is 2.74. The second-order valence-electron chi connectivity index (χ2n) is 5.39. The lowest BCUT2D eigenvalue weighted by Crippen LogP contribution is -2.27. The van der Waals surface area contributed by atoms with Gasteiger partial charge in [-0.2, -0.15) is 0 Å². The van der Waals surface area contributed by atoms with Crippen LogP contribution in [0.3, 0.4) is 0 Å². The average Bonchev–Trinajstić information content (AvgIpc) is 2.93. The third-order valence-corrected chi connectivity index (χ3v) is 3.82. The van der Waals surface area contributed by atoms with E-state index in [-0.39, 0.29) is 5.75 Å². The predicted molar refractivity (Wildman–Crippen MR) is 70.9 cm³/mol. The van der Waals surface area contributed by atoms with Crippen molar-refractivity contribution < 1.29 is 5.11 Å². The Balaban J connectivity index is 1.87. The molecule has 0 spiro atoms. The second-order valence-corrected chi connectivity index (χ2v) is 5.39. The Hall–Kier alpha value is -1.55. The fourth-order valence-electron chi connectivity index (χ4n) is 2.69. The summed E-state index contributed by atoms with van der Waals surface area (Å²) in [7, 11) is 0. The molecule has 96 valence electrons. The van der Waals surface area contributed by atoms with Crippen LogP contribution < -0.4 is 0 Å². The van der Waals surface area contributed by atoms with Crippen molar-refractivity contribution in [3.8, 4) is 5.75 Å². The smallest absolute Gasteiger partial charge is 0.137 e. The van der Waals surface area contributed by atoms with E-state index < -0.39 is 0 Å². The van der Waals surface area contributed by atoms with Gasteiger partial charge in [0.25, 0.3) is 0 Å². The number of fused-ring (bicyclic) bond motifs is 1. The highest BCUT2D eigenvalue weighted by atomic mass is 16.3. The van der Waals surface area contributed by atoms with Crippen molar-refractivity contribution >= 4 is 5.65 Å². The lowest BCUT2D eigenvalue weighted by atomic mass is 10.1. The highest BCUT2D eigenvalue weighted by molar-refractivity contribution is 5.43. The molecule has 2 aromatic rings. The lowest BCUT2D eigenvalue weighted by molar-refractivity contribution is 0.272. The maximum Gasteiger partial charge on any atom is 0.137 e. The summed E-state index contributed by atoms with van der Waals surface area (Å²) in [6.45, 7) is 6.73. The van der Waals surface area contributed by atoms with Gasteiger partial charge in [0.2, 0.25) is 0 Å². The molecule has 1 atom stereocenters. The van der Waals surface area contributed by atoms with Crippen molar-refractivity contribution in [2.45, 2.75) is 32.2 Å². The molecule has 1 N–H and O–H groups in total. The minimum atomic E-state index is 0.279. The van der Waals surface area contributed by atoms with E-state index in [0.717, 1.165) is 24.4 Å². The van der Waals surface area contributed by atoms with E-state index in [1.807, 2.05) is 16.7 Å². The van der Waals surface area contributed by atoms with Crippen LogP contribution in [0, 0.1) is 0 Å². The first kappa shape index (κ1) is 11.5. The zero-order valence-electron chi connectivity index (χ0n) is 10.9. The second kappa shape index (κ2) is 4.28. The fourth-order valence-corrected chi connectivity index (χ4v) is 2.69. The van der Waals surface area contributed by atoms with Gasteiger partial charge in [0, 0.05) is 24.7 Å². The molecule has 0 amide bonds. The Bertz CT molecular complexity index is 561. The molecule has 4 nitrogen and oxygen atoms in total. The van der Waals surface area contributed by atoms with Gasteiger partial charge >= 0.3 is 0 Å². The van der Waals surface area contributed by atoms with E-state index in [4.69, 9.17) is 0 Å². The molecule has 0 radical (unpaired) electrons. The molecule has 0 bridgehead atoms. The van der Waals surface area contributed by atoms with Crippen molar-refractivity contribution in [2.75, 3.05) is 13.1 Å². The minimum Gasteiger partial charge on any atom is -0.506 e. The van der Waals surface area contributed by atoms with Crippen molar-refractivity contribution in [1.29, 1.82) is 0 Å².